The predicted octanol–water partition coefficient (Wildman–Crippen LogP) is 4.51. The Hall–Kier alpha value is -3.01. The third-order valence-electron chi connectivity index (χ3n) is 5.18. The number of hydrogen-bond acceptors (Lipinski definition) is 5. The first-order chi connectivity index (χ1) is 15.3. The fourth-order valence-corrected chi connectivity index (χ4v) is 4.54. The molecule has 1 amide bonds. The van der Waals surface area contributed by atoms with Crippen molar-refractivity contribution in [2.75, 3.05) is 11.1 Å². The molecule has 0 fully saturated rings. The number of aromatic nitrogens is 2. The number of carbonyl (C=O) groups excluding carboxylic acids is 1. The average molecular weight is 463 g/mol. The van der Waals surface area contributed by atoms with Crippen molar-refractivity contribution in [1.82, 2.24) is 9.55 Å². The standard InChI is InChI=1S/C22H20F3N3O3S/c23-22(24,25)14-7-9-15(10-8-14)26-19(29)13-32-20-17-5-1-2-6-18(17)28(21(30)27-20)12-16-4-3-11-31-16/h3-4,7-11H,1-2,5-6,12-13H2,(H,26,29). The lowest BCUT2D eigenvalue weighted by molar-refractivity contribution is -0.137. The van der Waals surface area contributed by atoms with E-state index in [1.807, 2.05) is 0 Å². The molecule has 1 aliphatic carbocycles. The number of amides is 1. The molecule has 2 heterocycles. The summed E-state index contributed by atoms with van der Waals surface area (Å²) in [5.41, 5.74) is 0.976. The number of furan rings is 1. The number of nitrogens with zero attached hydrogens (tertiary/aromatic N) is 2. The molecule has 10 heteroatoms. The maximum Gasteiger partial charge on any atom is 0.416 e. The summed E-state index contributed by atoms with van der Waals surface area (Å²) < 4.78 is 45.0. The summed E-state index contributed by atoms with van der Waals surface area (Å²) in [7, 11) is 0. The van der Waals surface area contributed by atoms with Crippen LogP contribution in [0.5, 0.6) is 0 Å². The Labute approximate surface area is 185 Å². The summed E-state index contributed by atoms with van der Waals surface area (Å²) in [6, 6.07) is 7.82. The number of halogens is 3. The second kappa shape index (κ2) is 9.23. The number of hydrogen-bond donors (Lipinski definition) is 1. The largest absolute Gasteiger partial charge is 0.467 e. The van der Waals surface area contributed by atoms with Crippen molar-refractivity contribution >= 4 is 23.4 Å². The maximum absolute atomic E-state index is 12.7. The SMILES string of the molecule is O=C(CSc1nc(=O)n(Cc2ccco2)c2c1CCCC2)Nc1ccc(C(F)(F)F)cc1. The Bertz CT molecular complexity index is 1160. The fourth-order valence-electron chi connectivity index (χ4n) is 3.66. The Balaban J connectivity index is 1.46. The molecule has 1 N–H and O–H groups in total. The first-order valence-corrected chi connectivity index (χ1v) is 11.0. The number of rotatable bonds is 6. The molecule has 0 spiro atoms. The molecule has 1 aromatic carbocycles. The monoisotopic (exact) mass is 463 g/mol. The zero-order valence-corrected chi connectivity index (χ0v) is 17.8. The molecule has 2 aromatic heterocycles. The van der Waals surface area contributed by atoms with Crippen LogP contribution in [0.2, 0.25) is 0 Å². The minimum Gasteiger partial charge on any atom is -0.467 e. The minimum absolute atomic E-state index is 0.0118. The van der Waals surface area contributed by atoms with E-state index in [4.69, 9.17) is 4.42 Å². The van der Waals surface area contributed by atoms with Crippen LogP contribution in [0.25, 0.3) is 0 Å². The summed E-state index contributed by atoms with van der Waals surface area (Å²) in [5, 5.41) is 3.11. The van der Waals surface area contributed by atoms with Gasteiger partial charge in [0, 0.05) is 16.9 Å². The highest BCUT2D eigenvalue weighted by molar-refractivity contribution is 8.00. The average Bonchev–Trinajstić information content (AvgIpc) is 3.27. The third kappa shape index (κ3) is 5.07. The topological polar surface area (TPSA) is 77.1 Å². The van der Waals surface area contributed by atoms with Gasteiger partial charge in [-0.05, 0) is 62.1 Å². The molecule has 6 nitrogen and oxygen atoms in total. The van der Waals surface area contributed by atoms with E-state index in [0.29, 0.717) is 17.3 Å². The summed E-state index contributed by atoms with van der Waals surface area (Å²) >= 11 is 1.16. The fraction of sp³-hybridized carbons (Fsp3) is 0.318. The lowest BCUT2D eigenvalue weighted by Gasteiger charge is -2.22. The zero-order chi connectivity index (χ0) is 22.7. The van der Waals surface area contributed by atoms with Crippen LogP contribution in [0.15, 0.2) is 56.9 Å². The number of anilines is 1. The van der Waals surface area contributed by atoms with Crippen molar-refractivity contribution in [3.63, 3.8) is 0 Å². The van der Waals surface area contributed by atoms with Gasteiger partial charge in [0.25, 0.3) is 0 Å². The molecule has 3 aromatic rings. The highest BCUT2D eigenvalue weighted by Gasteiger charge is 2.30. The van der Waals surface area contributed by atoms with Gasteiger partial charge in [-0.15, -0.1) is 0 Å². The summed E-state index contributed by atoms with van der Waals surface area (Å²) in [6.07, 6.45) is 0.578. The molecule has 0 saturated carbocycles. The molecule has 0 bridgehead atoms. The number of alkyl halides is 3. The van der Waals surface area contributed by atoms with Crippen LogP contribution in [0, 0.1) is 0 Å². The molecule has 0 radical (unpaired) electrons. The van der Waals surface area contributed by atoms with Crippen molar-refractivity contribution < 1.29 is 22.4 Å². The van der Waals surface area contributed by atoms with Crippen LogP contribution in [-0.2, 0) is 30.4 Å². The molecule has 0 aliphatic heterocycles. The van der Waals surface area contributed by atoms with Gasteiger partial charge < -0.3 is 9.73 Å². The van der Waals surface area contributed by atoms with Gasteiger partial charge in [0.1, 0.15) is 10.8 Å². The first-order valence-electron chi connectivity index (χ1n) is 10.1. The molecule has 32 heavy (non-hydrogen) atoms. The summed E-state index contributed by atoms with van der Waals surface area (Å²) in [5.74, 6) is 0.265. The number of benzene rings is 1. The van der Waals surface area contributed by atoms with Crippen molar-refractivity contribution in [3.05, 3.63) is 75.7 Å². The Morgan fingerprint density at radius 1 is 1.16 bits per heavy atom. The molecule has 0 saturated heterocycles. The number of thioether (sulfide) groups is 1. The quantitative estimate of drug-likeness (QED) is 0.430. The van der Waals surface area contributed by atoms with Gasteiger partial charge >= 0.3 is 11.9 Å². The van der Waals surface area contributed by atoms with E-state index in [-0.39, 0.29) is 17.3 Å². The van der Waals surface area contributed by atoms with Gasteiger partial charge in [0.2, 0.25) is 5.91 Å². The summed E-state index contributed by atoms with van der Waals surface area (Å²) in [6.45, 7) is 0.306. The van der Waals surface area contributed by atoms with Crippen molar-refractivity contribution in [2.45, 2.75) is 43.4 Å². The zero-order valence-electron chi connectivity index (χ0n) is 16.9. The van der Waals surface area contributed by atoms with Gasteiger partial charge in [0.15, 0.2) is 0 Å². The van der Waals surface area contributed by atoms with Crippen molar-refractivity contribution in [1.29, 1.82) is 0 Å². The van der Waals surface area contributed by atoms with Gasteiger partial charge in [-0.25, -0.2) is 4.79 Å². The Morgan fingerprint density at radius 3 is 2.59 bits per heavy atom. The number of nitrogens with one attached hydrogen (secondary N) is 1. The molecule has 4 rings (SSSR count). The normalized spacial score (nSPS) is 13.6. The molecule has 0 atom stereocenters. The lowest BCUT2D eigenvalue weighted by Crippen LogP contribution is -2.30. The molecular formula is C22H20F3N3O3S. The second-order valence-corrected chi connectivity index (χ2v) is 8.37. The van der Waals surface area contributed by atoms with Crippen molar-refractivity contribution in [3.8, 4) is 0 Å². The molecule has 1 aliphatic rings. The van der Waals surface area contributed by atoms with Crippen LogP contribution in [0.1, 0.15) is 35.4 Å². The maximum atomic E-state index is 12.7. The van der Waals surface area contributed by atoms with E-state index >= 15 is 0 Å². The van der Waals surface area contributed by atoms with E-state index in [1.54, 1.807) is 23.0 Å². The van der Waals surface area contributed by atoms with Gasteiger partial charge in [-0.2, -0.15) is 18.2 Å². The molecule has 0 unspecified atom stereocenters. The van der Waals surface area contributed by atoms with E-state index < -0.39 is 17.4 Å². The smallest absolute Gasteiger partial charge is 0.416 e. The second-order valence-electron chi connectivity index (χ2n) is 7.41. The molecular weight excluding hydrogens is 443 g/mol. The van der Waals surface area contributed by atoms with E-state index in [1.165, 1.54) is 12.1 Å². The van der Waals surface area contributed by atoms with Crippen LogP contribution >= 0.6 is 11.8 Å². The van der Waals surface area contributed by atoms with Gasteiger partial charge in [0.05, 0.1) is 24.1 Å². The highest BCUT2D eigenvalue weighted by Crippen LogP contribution is 2.31. The highest BCUT2D eigenvalue weighted by atomic mass is 32.2. The van der Waals surface area contributed by atoms with E-state index in [9.17, 15) is 22.8 Å². The Morgan fingerprint density at radius 2 is 1.91 bits per heavy atom. The van der Waals surface area contributed by atoms with Crippen LogP contribution in [-0.4, -0.2) is 21.2 Å². The lowest BCUT2D eigenvalue weighted by atomic mass is 9.97. The molecule has 168 valence electrons. The predicted molar refractivity (Wildman–Crippen MR) is 114 cm³/mol. The van der Waals surface area contributed by atoms with Crippen LogP contribution in [0.4, 0.5) is 18.9 Å². The van der Waals surface area contributed by atoms with Crippen LogP contribution < -0.4 is 11.0 Å². The van der Waals surface area contributed by atoms with E-state index in [2.05, 4.69) is 10.3 Å². The number of fused-ring (bicyclic) bond motifs is 1. The van der Waals surface area contributed by atoms with Gasteiger partial charge in [-0.3, -0.25) is 9.36 Å². The van der Waals surface area contributed by atoms with Crippen molar-refractivity contribution in [2.24, 2.45) is 0 Å². The first kappa shape index (κ1) is 22.2. The van der Waals surface area contributed by atoms with E-state index in [0.717, 1.165) is 60.8 Å². The summed E-state index contributed by atoms with van der Waals surface area (Å²) in [4.78, 5) is 29.2. The number of carbonyl (C=O) groups is 1. The Kier molecular flexibility index (Phi) is 6.40. The van der Waals surface area contributed by atoms with Crippen LogP contribution in [0.3, 0.4) is 0 Å². The third-order valence-corrected chi connectivity index (χ3v) is 6.20. The minimum atomic E-state index is -4.43. The van der Waals surface area contributed by atoms with Gasteiger partial charge in [-0.1, -0.05) is 11.8 Å².